The molecule has 116 valence electrons. The third kappa shape index (κ3) is 3.19. The molecular formula is C15H20Cl2N2O2. The monoisotopic (exact) mass is 330 g/mol. The molecule has 1 aliphatic heterocycles. The summed E-state index contributed by atoms with van der Waals surface area (Å²) in [7, 11) is 1.40. The lowest BCUT2D eigenvalue weighted by molar-refractivity contribution is -0.155. The predicted molar refractivity (Wildman–Crippen MR) is 84.9 cm³/mol. The molecule has 0 aliphatic carbocycles. The van der Waals surface area contributed by atoms with Gasteiger partial charge in [0, 0.05) is 25.2 Å². The topological polar surface area (TPSA) is 41.6 Å². The van der Waals surface area contributed by atoms with Crippen LogP contribution in [0.3, 0.4) is 0 Å². The normalized spacial score (nSPS) is 19.6. The summed E-state index contributed by atoms with van der Waals surface area (Å²) in [6.45, 7) is 5.15. The average molecular weight is 331 g/mol. The van der Waals surface area contributed by atoms with E-state index >= 15 is 0 Å². The average Bonchev–Trinajstić information content (AvgIpc) is 2.78. The van der Waals surface area contributed by atoms with Crippen molar-refractivity contribution in [3.63, 3.8) is 0 Å². The van der Waals surface area contributed by atoms with Crippen LogP contribution in [0.1, 0.15) is 18.9 Å². The summed E-state index contributed by atoms with van der Waals surface area (Å²) in [5.74, 6) is -0.325. The van der Waals surface area contributed by atoms with E-state index in [4.69, 9.17) is 27.9 Å². The molecule has 6 heteroatoms. The SMILES string of the molecule is COC(=O)C(C)(c1cccc(Cl)c1Cl)N1CCCNCC1. The predicted octanol–water partition coefficient (Wildman–Crippen LogP) is 2.68. The van der Waals surface area contributed by atoms with Gasteiger partial charge in [-0.25, -0.2) is 4.79 Å². The van der Waals surface area contributed by atoms with Crippen molar-refractivity contribution >= 4 is 29.2 Å². The molecule has 1 N–H and O–H groups in total. The number of nitrogens with one attached hydrogen (secondary N) is 1. The van der Waals surface area contributed by atoms with Crippen LogP contribution in [0, 0.1) is 0 Å². The number of ether oxygens (including phenoxy) is 1. The van der Waals surface area contributed by atoms with Gasteiger partial charge >= 0.3 is 5.97 Å². The standard InChI is InChI=1S/C15H20Cl2N2O2/c1-15(14(20)21-2,19-9-4-7-18-8-10-19)11-5-3-6-12(16)13(11)17/h3,5-6,18H,4,7-10H2,1-2H3. The Morgan fingerprint density at radius 3 is 2.81 bits per heavy atom. The Morgan fingerprint density at radius 1 is 1.33 bits per heavy atom. The second-order valence-electron chi connectivity index (χ2n) is 5.26. The molecule has 1 saturated heterocycles. The molecule has 1 fully saturated rings. The van der Waals surface area contributed by atoms with Crippen LogP contribution >= 0.6 is 23.2 Å². The Hall–Kier alpha value is -0.810. The molecule has 4 nitrogen and oxygen atoms in total. The molecule has 2 rings (SSSR count). The molecule has 21 heavy (non-hydrogen) atoms. The zero-order chi connectivity index (χ0) is 15.5. The zero-order valence-electron chi connectivity index (χ0n) is 12.3. The smallest absolute Gasteiger partial charge is 0.330 e. The molecule has 1 aliphatic rings. The third-order valence-electron chi connectivity index (χ3n) is 4.03. The number of carbonyl (C=O) groups is 1. The summed E-state index contributed by atoms with van der Waals surface area (Å²) < 4.78 is 5.06. The van der Waals surface area contributed by atoms with E-state index in [2.05, 4.69) is 10.2 Å². The molecule has 1 heterocycles. The van der Waals surface area contributed by atoms with Crippen molar-refractivity contribution in [3.05, 3.63) is 33.8 Å². The first-order valence-corrected chi connectivity index (χ1v) is 7.76. The van der Waals surface area contributed by atoms with Crippen LogP contribution in [0.5, 0.6) is 0 Å². The van der Waals surface area contributed by atoms with Gasteiger partial charge in [0.15, 0.2) is 0 Å². The number of rotatable bonds is 3. The minimum Gasteiger partial charge on any atom is -0.467 e. The van der Waals surface area contributed by atoms with Crippen LogP contribution in [0.15, 0.2) is 18.2 Å². The highest BCUT2D eigenvalue weighted by atomic mass is 35.5. The van der Waals surface area contributed by atoms with Gasteiger partial charge in [-0.05, 0) is 26.0 Å². The molecule has 0 saturated carbocycles. The van der Waals surface area contributed by atoms with Crippen molar-refractivity contribution in [1.29, 1.82) is 0 Å². The summed E-state index contributed by atoms with van der Waals surface area (Å²) >= 11 is 12.5. The third-order valence-corrected chi connectivity index (χ3v) is 4.85. The van der Waals surface area contributed by atoms with Crippen LogP contribution in [0.25, 0.3) is 0 Å². The maximum absolute atomic E-state index is 12.5. The van der Waals surface area contributed by atoms with Crippen LogP contribution in [0.4, 0.5) is 0 Å². The number of benzene rings is 1. The lowest BCUT2D eigenvalue weighted by atomic mass is 9.89. The molecule has 0 spiro atoms. The Morgan fingerprint density at radius 2 is 2.10 bits per heavy atom. The second kappa shape index (κ2) is 6.97. The van der Waals surface area contributed by atoms with Crippen molar-refractivity contribution in [3.8, 4) is 0 Å². The number of halogens is 2. The fourth-order valence-corrected chi connectivity index (χ4v) is 3.27. The lowest BCUT2D eigenvalue weighted by Gasteiger charge is -2.39. The van der Waals surface area contributed by atoms with Gasteiger partial charge in [0.05, 0.1) is 17.2 Å². The van der Waals surface area contributed by atoms with E-state index < -0.39 is 5.54 Å². The molecule has 0 aromatic heterocycles. The Labute approximate surface area is 135 Å². The van der Waals surface area contributed by atoms with Crippen LogP contribution in [-0.4, -0.2) is 44.2 Å². The Kier molecular flexibility index (Phi) is 5.49. The fraction of sp³-hybridized carbons (Fsp3) is 0.533. The first kappa shape index (κ1) is 16.6. The van der Waals surface area contributed by atoms with Crippen molar-refractivity contribution in [2.75, 3.05) is 33.3 Å². The van der Waals surface area contributed by atoms with E-state index in [-0.39, 0.29) is 5.97 Å². The molecule has 0 amide bonds. The molecule has 1 unspecified atom stereocenters. The summed E-state index contributed by atoms with van der Waals surface area (Å²) in [6, 6.07) is 5.36. The van der Waals surface area contributed by atoms with Crippen LogP contribution < -0.4 is 5.32 Å². The minimum absolute atomic E-state index is 0.325. The summed E-state index contributed by atoms with van der Waals surface area (Å²) in [5, 5.41) is 4.18. The van der Waals surface area contributed by atoms with Gasteiger partial charge in [-0.3, -0.25) is 4.90 Å². The Balaban J connectivity index is 2.50. The number of carbonyl (C=O) groups excluding carboxylic acids is 1. The van der Waals surface area contributed by atoms with E-state index in [1.54, 1.807) is 12.1 Å². The van der Waals surface area contributed by atoms with Gasteiger partial charge in [-0.15, -0.1) is 0 Å². The quantitative estimate of drug-likeness (QED) is 0.865. The highest BCUT2D eigenvalue weighted by molar-refractivity contribution is 6.42. The number of hydrogen-bond acceptors (Lipinski definition) is 4. The molecule has 1 aromatic carbocycles. The molecule has 0 bridgehead atoms. The van der Waals surface area contributed by atoms with Crippen molar-refractivity contribution in [2.24, 2.45) is 0 Å². The molecule has 1 aromatic rings. The zero-order valence-corrected chi connectivity index (χ0v) is 13.8. The van der Waals surface area contributed by atoms with E-state index in [0.717, 1.165) is 32.6 Å². The molecular weight excluding hydrogens is 311 g/mol. The number of hydrogen-bond donors (Lipinski definition) is 1. The number of nitrogens with zero attached hydrogens (tertiary/aromatic N) is 1. The number of methoxy groups -OCH3 is 1. The van der Waals surface area contributed by atoms with E-state index in [9.17, 15) is 4.79 Å². The first-order valence-electron chi connectivity index (χ1n) is 7.00. The first-order chi connectivity index (χ1) is 10.0. The van der Waals surface area contributed by atoms with Crippen molar-refractivity contribution < 1.29 is 9.53 Å². The van der Waals surface area contributed by atoms with E-state index in [0.29, 0.717) is 15.6 Å². The number of esters is 1. The second-order valence-corrected chi connectivity index (χ2v) is 6.04. The van der Waals surface area contributed by atoms with Crippen LogP contribution in [0.2, 0.25) is 10.0 Å². The summed E-state index contributed by atoms with van der Waals surface area (Å²) in [4.78, 5) is 14.6. The van der Waals surface area contributed by atoms with Crippen molar-refractivity contribution in [1.82, 2.24) is 10.2 Å². The van der Waals surface area contributed by atoms with Gasteiger partial charge in [0.1, 0.15) is 5.54 Å². The van der Waals surface area contributed by atoms with E-state index in [1.807, 2.05) is 13.0 Å². The fourth-order valence-electron chi connectivity index (χ4n) is 2.78. The van der Waals surface area contributed by atoms with Gasteiger partial charge < -0.3 is 10.1 Å². The van der Waals surface area contributed by atoms with Crippen LogP contribution in [-0.2, 0) is 15.1 Å². The largest absolute Gasteiger partial charge is 0.467 e. The Bertz CT molecular complexity index is 516. The highest BCUT2D eigenvalue weighted by Crippen LogP contribution is 2.38. The van der Waals surface area contributed by atoms with Gasteiger partial charge in [0.25, 0.3) is 0 Å². The maximum atomic E-state index is 12.5. The minimum atomic E-state index is -0.942. The van der Waals surface area contributed by atoms with Gasteiger partial charge in [-0.2, -0.15) is 0 Å². The highest BCUT2D eigenvalue weighted by Gasteiger charge is 2.44. The van der Waals surface area contributed by atoms with Crippen molar-refractivity contribution in [2.45, 2.75) is 18.9 Å². The van der Waals surface area contributed by atoms with E-state index in [1.165, 1.54) is 7.11 Å². The van der Waals surface area contributed by atoms with Gasteiger partial charge in [0.2, 0.25) is 0 Å². The lowest BCUT2D eigenvalue weighted by Crippen LogP contribution is -2.51. The molecule has 1 atom stereocenters. The molecule has 0 radical (unpaired) electrons. The summed E-state index contributed by atoms with van der Waals surface area (Å²) in [6.07, 6.45) is 0.963. The van der Waals surface area contributed by atoms with Gasteiger partial charge in [-0.1, -0.05) is 35.3 Å². The summed E-state index contributed by atoms with van der Waals surface area (Å²) in [5.41, 5.74) is -0.256. The maximum Gasteiger partial charge on any atom is 0.330 e.